The normalized spacial score (nSPS) is 17.3. The topological polar surface area (TPSA) is 80.5 Å². The summed E-state index contributed by atoms with van der Waals surface area (Å²) in [6.45, 7) is 3.61. The Labute approximate surface area is 135 Å². The molecule has 2 aromatic rings. The highest BCUT2D eigenvalue weighted by Gasteiger charge is 2.33. The van der Waals surface area contributed by atoms with Gasteiger partial charge >= 0.3 is 0 Å². The van der Waals surface area contributed by atoms with Gasteiger partial charge in [-0.1, -0.05) is 23.4 Å². The van der Waals surface area contributed by atoms with E-state index in [1.807, 2.05) is 31.2 Å². The van der Waals surface area contributed by atoms with Gasteiger partial charge in [0, 0.05) is 17.8 Å². The maximum Gasteiger partial charge on any atom is 0.242 e. The molecule has 6 nitrogen and oxygen atoms in total. The van der Waals surface area contributed by atoms with Crippen molar-refractivity contribution >= 4 is 21.4 Å². The van der Waals surface area contributed by atoms with Gasteiger partial charge in [0.1, 0.15) is 11.5 Å². The minimum absolute atomic E-state index is 0.0376. The summed E-state index contributed by atoms with van der Waals surface area (Å²) in [5, 5.41) is 3.68. The van der Waals surface area contributed by atoms with Gasteiger partial charge in [-0.25, -0.2) is 8.42 Å². The van der Waals surface area contributed by atoms with E-state index in [0.717, 1.165) is 17.7 Å². The van der Waals surface area contributed by atoms with E-state index in [-0.39, 0.29) is 11.8 Å². The van der Waals surface area contributed by atoms with Crippen molar-refractivity contribution in [3.63, 3.8) is 0 Å². The summed E-state index contributed by atoms with van der Waals surface area (Å²) in [5.74, 6) is -0.677. The van der Waals surface area contributed by atoms with E-state index in [9.17, 15) is 13.2 Å². The van der Waals surface area contributed by atoms with E-state index in [0.29, 0.717) is 11.5 Å². The van der Waals surface area contributed by atoms with Crippen LogP contribution in [0.1, 0.15) is 23.9 Å². The van der Waals surface area contributed by atoms with E-state index < -0.39 is 21.5 Å². The summed E-state index contributed by atoms with van der Waals surface area (Å²) < 4.78 is 29.4. The number of carbonyl (C=O) groups excluding carboxylic acids is 1. The van der Waals surface area contributed by atoms with Crippen LogP contribution in [-0.4, -0.2) is 31.3 Å². The van der Waals surface area contributed by atoms with Gasteiger partial charge in [0.25, 0.3) is 0 Å². The van der Waals surface area contributed by atoms with Crippen molar-refractivity contribution in [2.24, 2.45) is 0 Å². The molecule has 7 heteroatoms. The fourth-order valence-corrected chi connectivity index (χ4v) is 4.17. The molecule has 1 aromatic carbocycles. The Kier molecular flexibility index (Phi) is 3.97. The summed E-state index contributed by atoms with van der Waals surface area (Å²) in [4.78, 5) is 14.1. The van der Waals surface area contributed by atoms with Gasteiger partial charge < -0.3 is 9.42 Å². The number of hydrogen-bond acceptors (Lipinski definition) is 5. The summed E-state index contributed by atoms with van der Waals surface area (Å²) in [7, 11) is -3.60. The number of aryl methyl sites for hydroxylation is 1. The van der Waals surface area contributed by atoms with Crippen LogP contribution in [0.15, 0.2) is 34.9 Å². The highest BCUT2D eigenvalue weighted by molar-refractivity contribution is 7.91. The summed E-state index contributed by atoms with van der Waals surface area (Å²) in [6.07, 6.45) is 0.741. The zero-order chi connectivity index (χ0) is 16.6. The van der Waals surface area contributed by atoms with Crippen molar-refractivity contribution in [2.75, 3.05) is 10.7 Å². The fourth-order valence-electron chi connectivity index (χ4n) is 2.97. The first-order chi connectivity index (χ1) is 10.9. The molecule has 1 atom stereocenters. The van der Waals surface area contributed by atoms with Crippen LogP contribution >= 0.6 is 0 Å². The molecule has 0 radical (unpaired) electrons. The van der Waals surface area contributed by atoms with Gasteiger partial charge in [-0.15, -0.1) is 0 Å². The molecule has 3 rings (SSSR count). The molecule has 2 heterocycles. The van der Waals surface area contributed by atoms with Crippen LogP contribution in [-0.2, 0) is 26.8 Å². The van der Waals surface area contributed by atoms with Crippen molar-refractivity contribution in [2.45, 2.75) is 32.1 Å². The SMILES string of the molecule is Cc1cc(CS(=O)(=O)CC(=O)N2c3ccccc3C[C@@H]2C)no1. The number of hydrogen-bond donors (Lipinski definition) is 0. The number of aromatic nitrogens is 1. The lowest BCUT2D eigenvalue weighted by atomic mass is 10.1. The maximum atomic E-state index is 12.5. The highest BCUT2D eigenvalue weighted by atomic mass is 32.2. The molecule has 1 aliphatic rings. The standard InChI is InChI=1S/C16H18N2O4S/c1-11-7-13-5-3-4-6-15(13)18(11)16(19)10-23(20,21)9-14-8-12(2)22-17-14/h3-6,8,11H,7,9-10H2,1-2H3/t11-/m0/s1. The Morgan fingerprint density at radius 3 is 2.83 bits per heavy atom. The Morgan fingerprint density at radius 1 is 1.39 bits per heavy atom. The van der Waals surface area contributed by atoms with Crippen LogP contribution in [0.2, 0.25) is 0 Å². The molecule has 1 amide bonds. The van der Waals surface area contributed by atoms with Crippen molar-refractivity contribution in [3.05, 3.63) is 47.3 Å². The summed E-state index contributed by atoms with van der Waals surface area (Å²) in [5.41, 5.74) is 2.19. The number of fused-ring (bicyclic) bond motifs is 1. The first-order valence-corrected chi connectivity index (χ1v) is 9.20. The van der Waals surface area contributed by atoms with Crippen molar-refractivity contribution in [3.8, 4) is 0 Å². The third-order valence-electron chi connectivity index (χ3n) is 3.86. The monoisotopic (exact) mass is 334 g/mol. The zero-order valence-electron chi connectivity index (χ0n) is 13.0. The molecule has 0 aliphatic carbocycles. The minimum atomic E-state index is -3.60. The lowest BCUT2D eigenvalue weighted by Crippen LogP contribution is -2.39. The number of benzene rings is 1. The Bertz CT molecular complexity index is 841. The molecule has 1 aromatic heterocycles. The summed E-state index contributed by atoms with van der Waals surface area (Å²) in [6, 6.07) is 9.11. The molecule has 0 bridgehead atoms. The van der Waals surface area contributed by atoms with E-state index in [4.69, 9.17) is 4.52 Å². The fraction of sp³-hybridized carbons (Fsp3) is 0.375. The van der Waals surface area contributed by atoms with Gasteiger partial charge in [0.2, 0.25) is 5.91 Å². The lowest BCUT2D eigenvalue weighted by Gasteiger charge is -2.22. The molecule has 0 saturated carbocycles. The molecular formula is C16H18N2O4S. The molecule has 1 aliphatic heterocycles. The van der Waals surface area contributed by atoms with Crippen LogP contribution in [0, 0.1) is 6.92 Å². The van der Waals surface area contributed by atoms with Crippen LogP contribution < -0.4 is 4.90 Å². The third-order valence-corrected chi connectivity index (χ3v) is 5.29. The second-order valence-corrected chi connectivity index (χ2v) is 7.97. The van der Waals surface area contributed by atoms with Gasteiger partial charge in [-0.05, 0) is 31.9 Å². The Morgan fingerprint density at radius 2 is 2.13 bits per heavy atom. The number of amides is 1. The maximum absolute atomic E-state index is 12.5. The number of anilines is 1. The van der Waals surface area contributed by atoms with Gasteiger partial charge in [0.05, 0.1) is 11.4 Å². The Hall–Kier alpha value is -2.15. The first-order valence-electron chi connectivity index (χ1n) is 7.38. The van der Waals surface area contributed by atoms with Crippen molar-refractivity contribution in [1.82, 2.24) is 5.16 Å². The van der Waals surface area contributed by atoms with E-state index in [2.05, 4.69) is 5.16 Å². The van der Waals surface area contributed by atoms with Crippen LogP contribution in [0.25, 0.3) is 0 Å². The number of sulfone groups is 1. The quantitative estimate of drug-likeness (QED) is 0.853. The molecule has 0 spiro atoms. The van der Waals surface area contributed by atoms with Crippen molar-refractivity contribution in [1.29, 1.82) is 0 Å². The molecule has 0 unspecified atom stereocenters. The van der Waals surface area contributed by atoms with E-state index in [1.165, 1.54) is 0 Å². The number of nitrogens with zero attached hydrogens (tertiary/aromatic N) is 2. The van der Waals surface area contributed by atoms with Crippen molar-refractivity contribution < 1.29 is 17.7 Å². The summed E-state index contributed by atoms with van der Waals surface area (Å²) >= 11 is 0. The predicted molar refractivity (Wildman–Crippen MR) is 85.8 cm³/mol. The molecule has 0 fully saturated rings. The minimum Gasteiger partial charge on any atom is -0.361 e. The predicted octanol–water partition coefficient (Wildman–Crippen LogP) is 1.88. The third kappa shape index (κ3) is 3.29. The van der Waals surface area contributed by atoms with Gasteiger partial charge in [0.15, 0.2) is 9.84 Å². The molecule has 122 valence electrons. The second-order valence-electron chi connectivity index (χ2n) is 5.91. The second kappa shape index (κ2) is 5.81. The average Bonchev–Trinajstić information content (AvgIpc) is 2.99. The van der Waals surface area contributed by atoms with Crippen LogP contribution in [0.4, 0.5) is 5.69 Å². The van der Waals surface area contributed by atoms with E-state index in [1.54, 1.807) is 17.9 Å². The molecular weight excluding hydrogens is 316 g/mol. The smallest absolute Gasteiger partial charge is 0.242 e. The molecule has 0 N–H and O–H groups in total. The number of para-hydroxylation sites is 1. The van der Waals surface area contributed by atoms with Gasteiger partial charge in [-0.3, -0.25) is 4.79 Å². The van der Waals surface area contributed by atoms with Gasteiger partial charge in [-0.2, -0.15) is 0 Å². The number of rotatable bonds is 4. The largest absolute Gasteiger partial charge is 0.361 e. The van der Waals surface area contributed by atoms with Crippen LogP contribution in [0.5, 0.6) is 0 Å². The lowest BCUT2D eigenvalue weighted by molar-refractivity contribution is -0.116. The number of carbonyl (C=O) groups is 1. The zero-order valence-corrected chi connectivity index (χ0v) is 13.8. The Balaban J connectivity index is 1.76. The first kappa shape index (κ1) is 15.7. The average molecular weight is 334 g/mol. The molecule has 23 heavy (non-hydrogen) atoms. The highest BCUT2D eigenvalue weighted by Crippen LogP contribution is 2.32. The van der Waals surface area contributed by atoms with Crippen LogP contribution in [0.3, 0.4) is 0 Å². The molecule has 0 saturated heterocycles. The van der Waals surface area contributed by atoms with E-state index >= 15 is 0 Å².